The van der Waals surface area contributed by atoms with Crippen molar-refractivity contribution in [2.45, 2.75) is 12.5 Å². The number of halogens is 1. The highest BCUT2D eigenvalue weighted by atomic mass is 35.5. The van der Waals surface area contributed by atoms with E-state index >= 15 is 0 Å². The van der Waals surface area contributed by atoms with E-state index in [0.29, 0.717) is 11.6 Å². The molecule has 0 aliphatic carbocycles. The summed E-state index contributed by atoms with van der Waals surface area (Å²) in [6.45, 7) is 0.667. The maximum atomic E-state index is 10.3. The fraction of sp³-hybridized carbons (Fsp3) is 0.231. The van der Waals surface area contributed by atoms with Crippen LogP contribution in [-0.4, -0.2) is 11.7 Å². The first-order valence-electron chi connectivity index (χ1n) is 5.42. The van der Waals surface area contributed by atoms with Crippen molar-refractivity contribution in [3.8, 4) is 5.75 Å². The van der Waals surface area contributed by atoms with Crippen LogP contribution in [0.3, 0.4) is 0 Å². The van der Waals surface area contributed by atoms with Gasteiger partial charge in [0.15, 0.2) is 0 Å². The van der Waals surface area contributed by atoms with Crippen LogP contribution in [0.4, 0.5) is 0 Å². The zero-order chi connectivity index (χ0) is 11.8. The molecular formula is C13H11ClO2S. The molecule has 1 aromatic heterocycles. The number of aliphatic hydroxyl groups excluding tert-OH is 1. The van der Waals surface area contributed by atoms with E-state index in [9.17, 15) is 5.11 Å². The van der Waals surface area contributed by atoms with Gasteiger partial charge in [0.05, 0.1) is 6.61 Å². The van der Waals surface area contributed by atoms with Crippen molar-refractivity contribution >= 4 is 22.9 Å². The van der Waals surface area contributed by atoms with Gasteiger partial charge in [0.1, 0.15) is 11.9 Å². The molecule has 0 fully saturated rings. The van der Waals surface area contributed by atoms with Crippen LogP contribution in [0.25, 0.3) is 0 Å². The molecule has 4 heteroatoms. The lowest BCUT2D eigenvalue weighted by molar-refractivity contribution is 0.217. The van der Waals surface area contributed by atoms with Crippen molar-refractivity contribution in [3.63, 3.8) is 0 Å². The molecule has 0 amide bonds. The predicted octanol–water partition coefficient (Wildman–Crippen LogP) is 3.42. The molecule has 1 aliphatic rings. The van der Waals surface area contributed by atoms with E-state index in [1.807, 2.05) is 23.6 Å². The summed E-state index contributed by atoms with van der Waals surface area (Å²) in [6.07, 6.45) is 0.209. The summed E-state index contributed by atoms with van der Waals surface area (Å²) < 4.78 is 5.59. The summed E-state index contributed by atoms with van der Waals surface area (Å²) in [4.78, 5) is 0.907. The van der Waals surface area contributed by atoms with E-state index in [0.717, 1.165) is 28.2 Å². The zero-order valence-electron chi connectivity index (χ0n) is 9.02. The Hall–Kier alpha value is -1.03. The molecule has 3 rings (SSSR count). The highest BCUT2D eigenvalue weighted by Gasteiger charge is 2.23. The summed E-state index contributed by atoms with van der Waals surface area (Å²) in [5.74, 6) is 0.801. The van der Waals surface area contributed by atoms with Gasteiger partial charge in [0.2, 0.25) is 0 Å². The fourth-order valence-corrected chi connectivity index (χ4v) is 3.08. The molecule has 2 aromatic rings. The minimum absolute atomic E-state index is 0.652. The molecule has 88 valence electrons. The van der Waals surface area contributed by atoms with Gasteiger partial charge in [-0.1, -0.05) is 17.7 Å². The van der Waals surface area contributed by atoms with Crippen LogP contribution in [0.2, 0.25) is 5.02 Å². The van der Waals surface area contributed by atoms with Gasteiger partial charge in [-0.05, 0) is 29.1 Å². The monoisotopic (exact) mass is 266 g/mol. The minimum atomic E-state index is -0.652. The number of rotatable bonds is 2. The van der Waals surface area contributed by atoms with Crippen LogP contribution in [0.5, 0.6) is 5.75 Å². The standard InChI is InChI=1S/C13H11ClO2S/c14-9-6-8-3-4-16-13(8)10(7-9)12(15)11-2-1-5-17-11/h1-2,5-7,12,15H,3-4H2. The number of hydrogen-bond acceptors (Lipinski definition) is 3. The Balaban J connectivity index is 2.09. The highest BCUT2D eigenvalue weighted by Crippen LogP contribution is 2.39. The molecular weight excluding hydrogens is 256 g/mol. The summed E-state index contributed by atoms with van der Waals surface area (Å²) in [5.41, 5.74) is 1.86. The van der Waals surface area contributed by atoms with E-state index in [-0.39, 0.29) is 0 Å². The van der Waals surface area contributed by atoms with Crippen molar-refractivity contribution in [3.05, 3.63) is 50.7 Å². The SMILES string of the molecule is OC(c1cccs1)c1cc(Cl)cc2c1OCC2. The Morgan fingerprint density at radius 3 is 3.06 bits per heavy atom. The molecule has 1 aliphatic heterocycles. The minimum Gasteiger partial charge on any atom is -0.493 e. The molecule has 0 saturated carbocycles. The molecule has 1 unspecified atom stereocenters. The molecule has 0 bridgehead atoms. The van der Waals surface area contributed by atoms with Crippen molar-refractivity contribution in [1.29, 1.82) is 0 Å². The Labute approximate surface area is 108 Å². The van der Waals surface area contributed by atoms with Crippen molar-refractivity contribution in [2.24, 2.45) is 0 Å². The average Bonchev–Trinajstić information content (AvgIpc) is 2.97. The van der Waals surface area contributed by atoms with Crippen LogP contribution in [0.1, 0.15) is 22.1 Å². The van der Waals surface area contributed by atoms with Crippen LogP contribution in [0.15, 0.2) is 29.6 Å². The molecule has 0 spiro atoms. The molecule has 1 aromatic carbocycles. The van der Waals surface area contributed by atoms with Crippen LogP contribution >= 0.6 is 22.9 Å². The van der Waals surface area contributed by atoms with Crippen molar-refractivity contribution < 1.29 is 9.84 Å². The summed E-state index contributed by atoms with van der Waals surface area (Å²) in [6, 6.07) is 7.54. The van der Waals surface area contributed by atoms with Gasteiger partial charge < -0.3 is 9.84 Å². The number of hydrogen-bond donors (Lipinski definition) is 1. The number of thiophene rings is 1. The molecule has 2 nitrogen and oxygen atoms in total. The average molecular weight is 267 g/mol. The second kappa shape index (κ2) is 4.33. The maximum Gasteiger partial charge on any atom is 0.128 e. The fourth-order valence-electron chi connectivity index (χ4n) is 2.10. The van der Waals surface area contributed by atoms with Gasteiger partial charge in [-0.25, -0.2) is 0 Å². The maximum absolute atomic E-state index is 10.3. The van der Waals surface area contributed by atoms with Gasteiger partial charge in [0.25, 0.3) is 0 Å². The van der Waals surface area contributed by atoms with E-state index < -0.39 is 6.10 Å². The lowest BCUT2D eigenvalue weighted by atomic mass is 10.0. The van der Waals surface area contributed by atoms with Gasteiger partial charge in [0, 0.05) is 21.9 Å². The third-order valence-electron chi connectivity index (χ3n) is 2.88. The Kier molecular flexibility index (Phi) is 2.82. The number of aliphatic hydroxyl groups is 1. The first-order valence-corrected chi connectivity index (χ1v) is 6.68. The first kappa shape index (κ1) is 11.1. The Morgan fingerprint density at radius 2 is 2.29 bits per heavy atom. The van der Waals surface area contributed by atoms with Gasteiger partial charge in [-0.15, -0.1) is 11.3 Å². The third kappa shape index (κ3) is 1.95. The lowest BCUT2D eigenvalue weighted by Gasteiger charge is -2.13. The van der Waals surface area contributed by atoms with E-state index in [4.69, 9.17) is 16.3 Å². The topological polar surface area (TPSA) is 29.5 Å². The molecule has 1 N–H and O–H groups in total. The molecule has 17 heavy (non-hydrogen) atoms. The predicted molar refractivity (Wildman–Crippen MR) is 69.0 cm³/mol. The third-order valence-corrected chi connectivity index (χ3v) is 4.03. The second-order valence-electron chi connectivity index (χ2n) is 4.00. The molecule has 0 saturated heterocycles. The zero-order valence-corrected chi connectivity index (χ0v) is 10.6. The van der Waals surface area contributed by atoms with Crippen molar-refractivity contribution in [2.75, 3.05) is 6.61 Å². The molecule has 2 heterocycles. The van der Waals surface area contributed by atoms with E-state index in [1.165, 1.54) is 11.3 Å². The quantitative estimate of drug-likeness (QED) is 0.903. The summed E-state index contributed by atoms with van der Waals surface area (Å²) in [5, 5.41) is 12.9. The first-order chi connectivity index (χ1) is 8.25. The van der Waals surface area contributed by atoms with Gasteiger partial charge in [-0.2, -0.15) is 0 Å². The highest BCUT2D eigenvalue weighted by molar-refractivity contribution is 7.10. The Morgan fingerprint density at radius 1 is 1.41 bits per heavy atom. The van der Waals surface area contributed by atoms with E-state index in [1.54, 1.807) is 6.07 Å². The van der Waals surface area contributed by atoms with Crippen LogP contribution < -0.4 is 4.74 Å². The summed E-state index contributed by atoms with van der Waals surface area (Å²) >= 11 is 7.60. The molecule has 1 atom stereocenters. The second-order valence-corrected chi connectivity index (χ2v) is 5.42. The van der Waals surface area contributed by atoms with Gasteiger partial charge in [-0.3, -0.25) is 0 Å². The largest absolute Gasteiger partial charge is 0.493 e. The number of benzene rings is 1. The number of ether oxygens (including phenoxy) is 1. The smallest absolute Gasteiger partial charge is 0.128 e. The Bertz CT molecular complexity index is 537. The summed E-state index contributed by atoms with van der Waals surface area (Å²) in [7, 11) is 0. The molecule has 0 radical (unpaired) electrons. The van der Waals surface area contributed by atoms with Gasteiger partial charge >= 0.3 is 0 Å². The number of fused-ring (bicyclic) bond motifs is 1. The van der Waals surface area contributed by atoms with Crippen LogP contribution in [0, 0.1) is 0 Å². The normalized spacial score (nSPS) is 15.4. The van der Waals surface area contributed by atoms with Crippen molar-refractivity contribution in [1.82, 2.24) is 0 Å². The van der Waals surface area contributed by atoms with E-state index in [2.05, 4.69) is 0 Å². The van der Waals surface area contributed by atoms with Crippen LogP contribution in [-0.2, 0) is 6.42 Å². The lowest BCUT2D eigenvalue weighted by Crippen LogP contribution is -2.00.